The molecule has 0 aliphatic rings. The molecule has 0 heterocycles. The van der Waals surface area contributed by atoms with Crippen LogP contribution in [0.2, 0.25) is 0 Å². The van der Waals surface area contributed by atoms with Crippen molar-refractivity contribution in [3.8, 4) is 0 Å². The Hall–Kier alpha value is -2.08. The van der Waals surface area contributed by atoms with Crippen molar-refractivity contribution in [3.63, 3.8) is 0 Å². The molecule has 2 N–H and O–H groups in total. The van der Waals surface area contributed by atoms with Crippen molar-refractivity contribution in [1.29, 1.82) is 0 Å². The normalized spacial score (nSPS) is 10.4. The molecule has 0 radical (unpaired) electrons. The number of rotatable bonds is 6. The van der Waals surface area contributed by atoms with Crippen molar-refractivity contribution in [3.05, 3.63) is 140 Å². The molecular weight excluding hydrogens is 654 g/mol. The van der Waals surface area contributed by atoms with Gasteiger partial charge in [0.25, 0.3) is 0 Å². The zero-order valence-corrected chi connectivity index (χ0v) is 22.1. The van der Waals surface area contributed by atoms with E-state index in [0.717, 1.165) is 0 Å². The Balaban J connectivity index is 0.000000895. The van der Waals surface area contributed by atoms with Crippen LogP contribution in [0.5, 0.6) is 0 Å². The second kappa shape index (κ2) is 16.5. The van der Waals surface area contributed by atoms with Crippen molar-refractivity contribution in [2.24, 2.45) is 0 Å². The molecule has 4 aromatic carbocycles. The van der Waals surface area contributed by atoms with Gasteiger partial charge in [-0.1, -0.05) is 133 Å². The van der Waals surface area contributed by atoms with Crippen molar-refractivity contribution in [1.82, 2.24) is 0 Å². The fraction of sp³-hybridized carbons (Fsp3) is 0. The summed E-state index contributed by atoms with van der Waals surface area (Å²) in [5.41, 5.74) is 0. The molecule has 34 heavy (non-hydrogen) atoms. The van der Waals surface area contributed by atoms with Crippen LogP contribution in [0.15, 0.2) is 133 Å². The quantitative estimate of drug-likeness (QED) is 0.171. The summed E-state index contributed by atoms with van der Waals surface area (Å²) >= 11 is 0. The Labute approximate surface area is 215 Å². The Morgan fingerprint density at radius 1 is 0.441 bits per heavy atom. The molecular formula is C27H24F3OP2Pt-. The molecule has 0 amide bonds. The van der Waals surface area contributed by atoms with Gasteiger partial charge in [-0.05, 0) is 37.1 Å². The molecule has 180 valence electrons. The van der Waals surface area contributed by atoms with Crippen molar-refractivity contribution < 1.29 is 39.7 Å². The first-order valence-corrected chi connectivity index (χ1v) is 12.8. The molecule has 0 bridgehead atoms. The standard InChI is InChI=1S/C26H22P2.CF3.H2O.Pt/c1-5-13-23(14-6-1)27(24-15-7-2-8-16-24)21-22-28(25-17-9-3-10-18-25)26-19-11-4-12-20-26;2-1(3)4;;/h1-22H;;1H2;/q;-1;;/b22-21-;;;. The first-order chi connectivity index (χ1) is 15.6. The summed E-state index contributed by atoms with van der Waals surface area (Å²) < 4.78 is 28.8. The molecule has 4 aromatic rings. The first-order valence-electron chi connectivity index (χ1n) is 9.95. The molecule has 0 fully saturated rings. The van der Waals surface area contributed by atoms with E-state index in [-0.39, 0.29) is 26.5 Å². The third-order valence-corrected chi connectivity index (χ3v) is 9.05. The number of hydrogen-bond acceptors (Lipinski definition) is 0. The van der Waals surface area contributed by atoms with Crippen LogP contribution in [0.3, 0.4) is 0 Å². The average Bonchev–Trinajstić information content (AvgIpc) is 2.84. The molecule has 7 heteroatoms. The molecule has 0 saturated heterocycles. The maximum atomic E-state index is 9.58. The van der Waals surface area contributed by atoms with E-state index in [1.165, 1.54) is 21.2 Å². The van der Waals surface area contributed by atoms with Crippen LogP contribution >= 0.6 is 15.8 Å². The zero-order valence-electron chi connectivity index (χ0n) is 18.0. The third-order valence-electron chi connectivity index (χ3n) is 4.50. The van der Waals surface area contributed by atoms with E-state index in [0.29, 0.717) is 0 Å². The smallest absolute Gasteiger partial charge is 0.154 e. The predicted molar refractivity (Wildman–Crippen MR) is 137 cm³/mol. The van der Waals surface area contributed by atoms with Gasteiger partial charge in [0.15, 0.2) is 6.68 Å². The van der Waals surface area contributed by atoms with Gasteiger partial charge in [0.1, 0.15) is 0 Å². The van der Waals surface area contributed by atoms with Crippen LogP contribution in [-0.2, 0) is 21.1 Å². The van der Waals surface area contributed by atoms with Crippen LogP contribution < -0.4 is 21.2 Å². The fourth-order valence-corrected chi connectivity index (χ4v) is 7.45. The van der Waals surface area contributed by atoms with Gasteiger partial charge in [-0.15, -0.1) is 0 Å². The monoisotopic (exact) mass is 678 g/mol. The molecule has 0 saturated carbocycles. The van der Waals surface area contributed by atoms with Gasteiger partial charge in [0, 0.05) is 21.1 Å². The molecule has 0 spiro atoms. The van der Waals surface area contributed by atoms with Crippen LogP contribution in [0, 0.1) is 6.68 Å². The zero-order chi connectivity index (χ0) is 22.6. The summed E-state index contributed by atoms with van der Waals surface area (Å²) in [6.45, 7) is -3.08. The van der Waals surface area contributed by atoms with Crippen LogP contribution in [0.25, 0.3) is 0 Å². The molecule has 1 nitrogen and oxygen atoms in total. The molecule has 0 aromatic heterocycles. The summed E-state index contributed by atoms with van der Waals surface area (Å²) in [6, 6.07) is 43.4. The van der Waals surface area contributed by atoms with Gasteiger partial charge >= 0.3 is 0 Å². The Morgan fingerprint density at radius 3 is 0.794 bits per heavy atom. The van der Waals surface area contributed by atoms with E-state index < -0.39 is 22.5 Å². The average molecular weight is 679 g/mol. The van der Waals surface area contributed by atoms with E-state index in [9.17, 15) is 13.2 Å². The number of halogens is 3. The maximum Gasteiger partial charge on any atom is 0.154 e. The summed E-state index contributed by atoms with van der Waals surface area (Å²) in [5, 5.41) is 5.54. The van der Waals surface area contributed by atoms with Crippen molar-refractivity contribution in [2.45, 2.75) is 0 Å². The van der Waals surface area contributed by atoms with Crippen LogP contribution in [0.1, 0.15) is 0 Å². The Morgan fingerprint density at radius 2 is 0.618 bits per heavy atom. The van der Waals surface area contributed by atoms with E-state index >= 15 is 0 Å². The number of hydrogen-bond donors (Lipinski definition) is 0. The molecule has 0 unspecified atom stereocenters. The van der Waals surface area contributed by atoms with E-state index in [1.54, 1.807) is 0 Å². The van der Waals surface area contributed by atoms with Gasteiger partial charge < -0.3 is 18.6 Å². The summed E-state index contributed by atoms with van der Waals surface area (Å²) in [7, 11) is -1.06. The molecule has 0 aliphatic heterocycles. The fourth-order valence-electron chi connectivity index (χ4n) is 3.13. The minimum absolute atomic E-state index is 0. The summed E-state index contributed by atoms with van der Waals surface area (Å²) in [4.78, 5) is 0. The minimum atomic E-state index is -3.08. The van der Waals surface area contributed by atoms with Crippen molar-refractivity contribution in [2.75, 3.05) is 0 Å². The topological polar surface area (TPSA) is 31.5 Å². The van der Waals surface area contributed by atoms with Gasteiger partial charge in [-0.2, -0.15) is 0 Å². The Kier molecular flexibility index (Phi) is 14.6. The van der Waals surface area contributed by atoms with Gasteiger partial charge in [-0.3, -0.25) is 0 Å². The molecule has 0 aliphatic carbocycles. The summed E-state index contributed by atoms with van der Waals surface area (Å²) in [6.07, 6.45) is 0. The van der Waals surface area contributed by atoms with E-state index in [4.69, 9.17) is 0 Å². The second-order valence-corrected chi connectivity index (χ2v) is 10.7. The van der Waals surface area contributed by atoms with Crippen LogP contribution in [-0.4, -0.2) is 5.48 Å². The Bertz CT molecular complexity index is 903. The second-order valence-electron chi connectivity index (χ2n) is 6.59. The van der Waals surface area contributed by atoms with Gasteiger partial charge in [0.2, 0.25) is 0 Å². The SMILES string of the molecule is C(=C/P(c1ccccc1)c1ccccc1)/P(c1ccccc1)c1ccccc1.F[C-](F)F.O.[Pt]. The summed E-state index contributed by atoms with van der Waals surface area (Å²) in [5.74, 6) is 4.90. The van der Waals surface area contributed by atoms with E-state index in [1.807, 2.05) is 0 Å². The molecule has 0 atom stereocenters. The van der Waals surface area contributed by atoms with Gasteiger partial charge in [0.05, 0.1) is 0 Å². The van der Waals surface area contributed by atoms with Crippen molar-refractivity contribution >= 4 is 37.1 Å². The third kappa shape index (κ3) is 9.65. The maximum absolute atomic E-state index is 9.58. The minimum Gasteiger partial charge on any atom is -0.412 e. The van der Waals surface area contributed by atoms with Crippen LogP contribution in [0.4, 0.5) is 13.2 Å². The van der Waals surface area contributed by atoms with Gasteiger partial charge in [-0.25, -0.2) is 0 Å². The largest absolute Gasteiger partial charge is 0.412 e. The predicted octanol–water partition coefficient (Wildman–Crippen LogP) is 6.24. The molecule has 4 rings (SSSR count). The van der Waals surface area contributed by atoms with E-state index in [2.05, 4.69) is 133 Å². The number of benzene rings is 4. The first kappa shape index (κ1) is 29.9.